The molecule has 0 aromatic carbocycles. The van der Waals surface area contributed by atoms with Gasteiger partial charge in [0.1, 0.15) is 0 Å². The molecular weight excluding hydrogens is 472 g/mol. The Morgan fingerprint density at radius 1 is 0.375 bits per heavy atom. The zero-order valence-corrected chi connectivity index (χ0v) is 13.1. The Kier molecular flexibility index (Phi) is 1010. The van der Waals surface area contributed by atoms with Crippen LogP contribution in [0, 0.1) is 0 Å². The van der Waals surface area contributed by atoms with Crippen LogP contribution in [0.5, 0.6) is 0 Å². The van der Waals surface area contributed by atoms with Crippen LogP contribution in [0.3, 0.4) is 0 Å². The Bertz CT molecular complexity index is 8.49. The summed E-state index contributed by atoms with van der Waals surface area (Å²) < 4.78 is 0. The third-order valence-corrected chi connectivity index (χ3v) is 0. The molecule has 0 bridgehead atoms. The van der Waals surface area contributed by atoms with Crippen molar-refractivity contribution in [2.75, 3.05) is 0 Å². The first kappa shape index (κ1) is 104. The summed E-state index contributed by atoms with van der Waals surface area (Å²) in [6, 6.07) is 0. The average Bonchev–Trinajstić information content (AvgIpc) is 0. The molecule has 0 saturated carbocycles. The first-order chi connectivity index (χ1) is 0. The normalized spacial score (nSPS) is 0. The van der Waals surface area contributed by atoms with Crippen molar-refractivity contribution in [1.82, 2.24) is 0 Å². The minimum atomic E-state index is 0. The van der Waals surface area contributed by atoms with E-state index >= 15 is 0 Å². The van der Waals surface area contributed by atoms with Gasteiger partial charge in [-0.05, 0) is 0 Å². The van der Waals surface area contributed by atoms with Crippen LogP contribution >= 0.6 is 0 Å². The molecule has 0 aliphatic carbocycles. The van der Waals surface area contributed by atoms with Crippen LogP contribution in [0.25, 0.3) is 0 Å². The third kappa shape index (κ3) is 56.3. The topological polar surface area (TPSA) is 0 Å². The van der Waals surface area contributed by atoms with Crippen molar-refractivity contribution in [1.29, 1.82) is 0 Å². The average molecular weight is 472 g/mol. The van der Waals surface area contributed by atoms with E-state index in [1.165, 1.54) is 0 Å². The minimum Gasteiger partial charge on any atom is -2.00 e. The van der Waals surface area contributed by atoms with E-state index < -0.39 is 0 Å². The summed E-state index contributed by atoms with van der Waals surface area (Å²) in [5.41, 5.74) is 0. The van der Waals surface area contributed by atoms with Crippen LogP contribution in [0.15, 0.2) is 0 Å². The van der Waals surface area contributed by atoms with Gasteiger partial charge in [-0.15, -0.1) is 0 Å². The first-order valence-corrected chi connectivity index (χ1v) is 0. The van der Waals surface area contributed by atoms with Crippen molar-refractivity contribution in [2.24, 2.45) is 0 Å². The molecule has 0 nitrogen and oxygen atoms in total. The molecule has 0 spiro atoms. The maximum Gasteiger partial charge on any atom is 6.00 e. The monoisotopic (exact) mass is 474 g/mol. The molecular formula is MoS6W. The molecule has 0 aliphatic rings. The summed E-state index contributed by atoms with van der Waals surface area (Å²) >= 11 is 0. The Balaban J connectivity index is 0. The van der Waals surface area contributed by atoms with Gasteiger partial charge in [-0.3, -0.25) is 0 Å². The van der Waals surface area contributed by atoms with Gasteiger partial charge in [-0.2, -0.15) is 0 Å². The van der Waals surface area contributed by atoms with Crippen LogP contribution in [-0.4, -0.2) is 0 Å². The summed E-state index contributed by atoms with van der Waals surface area (Å²) in [4.78, 5) is 0. The molecule has 0 rings (SSSR count). The molecule has 48 valence electrons. The number of hydrogen-bond acceptors (Lipinski definition) is 0. The van der Waals surface area contributed by atoms with Gasteiger partial charge in [0.2, 0.25) is 0 Å². The Hall–Kier alpha value is 3.48. The summed E-state index contributed by atoms with van der Waals surface area (Å²) in [5.74, 6) is 0. The Morgan fingerprint density at radius 3 is 0.375 bits per heavy atom. The summed E-state index contributed by atoms with van der Waals surface area (Å²) in [7, 11) is 0. The van der Waals surface area contributed by atoms with Crippen LogP contribution in [0.4, 0.5) is 0 Å². The van der Waals surface area contributed by atoms with Gasteiger partial charge in [0.15, 0.2) is 0 Å². The fourth-order valence-corrected chi connectivity index (χ4v) is 0. The van der Waals surface area contributed by atoms with Crippen molar-refractivity contribution in [3.63, 3.8) is 0 Å². The van der Waals surface area contributed by atoms with Gasteiger partial charge in [0.05, 0.1) is 0 Å². The quantitative estimate of drug-likeness (QED) is 0.436. The SMILES string of the molecule is [Mo+6].[S-2].[S-2].[S-2].[S-2].[S-2].[S-2].[W+6]. The van der Waals surface area contributed by atoms with E-state index in [1.807, 2.05) is 0 Å². The molecule has 8 heavy (non-hydrogen) atoms. The van der Waals surface area contributed by atoms with E-state index in [9.17, 15) is 0 Å². The van der Waals surface area contributed by atoms with Crippen LogP contribution in [0.1, 0.15) is 0 Å². The Morgan fingerprint density at radius 2 is 0.375 bits per heavy atom. The molecule has 0 atom stereocenters. The first-order valence-electron chi connectivity index (χ1n) is 0. The molecule has 0 aliphatic heterocycles. The van der Waals surface area contributed by atoms with Crippen molar-refractivity contribution < 1.29 is 42.1 Å². The molecule has 0 heterocycles. The van der Waals surface area contributed by atoms with Gasteiger partial charge in [0.25, 0.3) is 0 Å². The maximum absolute atomic E-state index is 0. The molecule has 0 amide bonds. The maximum atomic E-state index is 0. The predicted molar refractivity (Wildman–Crippen MR) is 44.2 cm³/mol. The van der Waals surface area contributed by atoms with Crippen molar-refractivity contribution in [3.05, 3.63) is 0 Å². The number of rotatable bonds is 0. The molecule has 8 heteroatoms. The second kappa shape index (κ2) is 77.8. The fourth-order valence-electron chi connectivity index (χ4n) is 0. The van der Waals surface area contributed by atoms with Crippen LogP contribution in [-0.2, 0) is 123 Å². The molecule has 0 unspecified atom stereocenters. The largest absolute Gasteiger partial charge is 6.00 e. The van der Waals surface area contributed by atoms with Crippen molar-refractivity contribution in [2.45, 2.75) is 0 Å². The van der Waals surface area contributed by atoms with Gasteiger partial charge in [-0.25, -0.2) is 0 Å². The van der Waals surface area contributed by atoms with Gasteiger partial charge in [-0.1, -0.05) is 0 Å². The fraction of sp³-hybridized carbons (Fsp3) is 0. The standard InChI is InChI=1S/Mo.6S.W/q+6;6*-2;+6. The zero-order chi connectivity index (χ0) is 0. The molecule has 0 N–H and O–H groups in total. The molecule has 0 aromatic heterocycles. The van der Waals surface area contributed by atoms with Crippen molar-refractivity contribution >= 4 is 81.0 Å². The molecule has 0 fully saturated rings. The van der Waals surface area contributed by atoms with Gasteiger partial charge < -0.3 is 81.0 Å². The number of hydrogen-bond donors (Lipinski definition) is 0. The second-order valence-electron chi connectivity index (χ2n) is 0. The van der Waals surface area contributed by atoms with Crippen LogP contribution < -0.4 is 0 Å². The van der Waals surface area contributed by atoms with E-state index in [1.54, 1.807) is 0 Å². The predicted octanol–water partition coefficient (Wildman–Crippen LogP) is -0.0194. The van der Waals surface area contributed by atoms with Crippen LogP contribution in [0.2, 0.25) is 0 Å². The van der Waals surface area contributed by atoms with E-state index in [4.69, 9.17) is 0 Å². The zero-order valence-electron chi connectivity index (χ0n) is 3.27. The second-order valence-corrected chi connectivity index (χ2v) is 0. The summed E-state index contributed by atoms with van der Waals surface area (Å²) in [6.07, 6.45) is 0. The van der Waals surface area contributed by atoms with E-state index in [0.717, 1.165) is 0 Å². The third-order valence-electron chi connectivity index (χ3n) is 0. The molecule has 0 radical (unpaired) electrons. The van der Waals surface area contributed by atoms with Crippen molar-refractivity contribution in [3.8, 4) is 0 Å². The Labute approximate surface area is 121 Å². The molecule has 0 saturated heterocycles. The van der Waals surface area contributed by atoms with Gasteiger partial charge in [0, 0.05) is 0 Å². The van der Waals surface area contributed by atoms with E-state index in [2.05, 4.69) is 0 Å². The van der Waals surface area contributed by atoms with E-state index in [-0.39, 0.29) is 123 Å². The summed E-state index contributed by atoms with van der Waals surface area (Å²) in [6.45, 7) is 0. The minimum absolute atomic E-state index is 0. The van der Waals surface area contributed by atoms with Gasteiger partial charge >= 0.3 is 42.1 Å². The van der Waals surface area contributed by atoms with E-state index in [0.29, 0.717) is 0 Å². The smallest absolute Gasteiger partial charge is 2.00 e. The summed E-state index contributed by atoms with van der Waals surface area (Å²) in [5, 5.41) is 0. The molecule has 0 aromatic rings.